The minimum absolute atomic E-state index is 0.0608. The van der Waals surface area contributed by atoms with Crippen LogP contribution in [0.4, 0.5) is 4.79 Å². The molecule has 1 aromatic rings. The highest BCUT2D eigenvalue weighted by molar-refractivity contribution is 6.04. The van der Waals surface area contributed by atoms with Crippen LogP contribution in [0.25, 0.3) is 0 Å². The topological polar surface area (TPSA) is 107 Å². The summed E-state index contributed by atoms with van der Waals surface area (Å²) in [7, 11) is 1.74. The second-order valence-electron chi connectivity index (χ2n) is 6.49. The minimum Gasteiger partial charge on any atom is -0.340 e. The Kier molecular flexibility index (Phi) is 4.82. The number of fused-ring (bicyclic) bond motifs is 1. The van der Waals surface area contributed by atoms with Crippen LogP contribution in [-0.4, -0.2) is 46.0 Å². The molecule has 2 aliphatic rings. The number of hydrogen-bond acceptors (Lipinski definition) is 4. The summed E-state index contributed by atoms with van der Waals surface area (Å²) in [6, 6.07) is -1.11. The molecule has 0 aromatic carbocycles. The Morgan fingerprint density at radius 2 is 2.04 bits per heavy atom. The van der Waals surface area contributed by atoms with Gasteiger partial charge in [-0.2, -0.15) is 5.10 Å². The number of rotatable bonds is 5. The van der Waals surface area contributed by atoms with Gasteiger partial charge in [0.2, 0.25) is 5.91 Å². The lowest BCUT2D eigenvalue weighted by atomic mass is 10.1. The summed E-state index contributed by atoms with van der Waals surface area (Å²) >= 11 is 0. The maximum atomic E-state index is 12.3. The maximum Gasteiger partial charge on any atom is 0.322 e. The van der Waals surface area contributed by atoms with Gasteiger partial charge in [-0.05, 0) is 37.7 Å². The lowest BCUT2D eigenvalue weighted by molar-refractivity contribution is -0.130. The molecule has 8 heteroatoms. The Morgan fingerprint density at radius 3 is 2.79 bits per heavy atom. The number of nitrogens with zero attached hydrogens (tertiary/aromatic N) is 2. The van der Waals surface area contributed by atoms with Crippen LogP contribution in [0.5, 0.6) is 0 Å². The number of carbonyl (C=O) groups is 3. The van der Waals surface area contributed by atoms with Crippen LogP contribution in [0.15, 0.2) is 0 Å². The van der Waals surface area contributed by atoms with Gasteiger partial charge >= 0.3 is 6.03 Å². The summed E-state index contributed by atoms with van der Waals surface area (Å²) in [5.41, 5.74) is 3.40. The average molecular weight is 333 g/mol. The van der Waals surface area contributed by atoms with Crippen molar-refractivity contribution in [2.75, 3.05) is 7.05 Å². The quantitative estimate of drug-likeness (QED) is 0.542. The van der Waals surface area contributed by atoms with Crippen LogP contribution in [0.3, 0.4) is 0 Å². The fraction of sp³-hybridized carbons (Fsp3) is 0.625. The molecule has 1 saturated heterocycles. The van der Waals surface area contributed by atoms with Gasteiger partial charge in [-0.1, -0.05) is 6.42 Å². The van der Waals surface area contributed by atoms with Crippen LogP contribution < -0.4 is 10.6 Å². The van der Waals surface area contributed by atoms with Gasteiger partial charge in [0, 0.05) is 19.2 Å². The highest BCUT2D eigenvalue weighted by Gasteiger charge is 2.30. The summed E-state index contributed by atoms with van der Waals surface area (Å²) < 4.78 is 0. The van der Waals surface area contributed by atoms with Gasteiger partial charge in [-0.25, -0.2) is 4.79 Å². The predicted molar refractivity (Wildman–Crippen MR) is 86.0 cm³/mol. The zero-order chi connectivity index (χ0) is 17.1. The summed E-state index contributed by atoms with van der Waals surface area (Å²) in [4.78, 5) is 36.5. The lowest BCUT2D eigenvalue weighted by Gasteiger charge is -2.17. The minimum atomic E-state index is -0.614. The molecule has 130 valence electrons. The maximum absolute atomic E-state index is 12.3. The molecule has 4 amide bonds. The molecule has 3 rings (SSSR count). The van der Waals surface area contributed by atoms with Gasteiger partial charge in [0.15, 0.2) is 0 Å². The van der Waals surface area contributed by atoms with E-state index in [4.69, 9.17) is 0 Å². The predicted octanol–water partition coefficient (Wildman–Crippen LogP) is 0.625. The molecule has 1 aliphatic heterocycles. The molecule has 0 radical (unpaired) electrons. The smallest absolute Gasteiger partial charge is 0.322 e. The Hall–Kier alpha value is -2.38. The first-order chi connectivity index (χ1) is 11.5. The first-order valence-electron chi connectivity index (χ1n) is 8.45. The van der Waals surface area contributed by atoms with Crippen molar-refractivity contribution in [3.05, 3.63) is 17.0 Å². The summed E-state index contributed by atoms with van der Waals surface area (Å²) in [5, 5.41) is 12.2. The number of aromatic amines is 1. The van der Waals surface area contributed by atoms with Gasteiger partial charge in [0.05, 0.1) is 12.2 Å². The summed E-state index contributed by atoms with van der Waals surface area (Å²) in [6.07, 6.45) is 6.12. The number of urea groups is 1. The van der Waals surface area contributed by atoms with E-state index in [1.54, 1.807) is 11.9 Å². The molecule has 1 fully saturated rings. The van der Waals surface area contributed by atoms with E-state index < -0.39 is 12.1 Å². The van der Waals surface area contributed by atoms with Crippen LogP contribution in [0.2, 0.25) is 0 Å². The number of aryl methyl sites for hydroxylation is 1. The fourth-order valence-corrected chi connectivity index (χ4v) is 3.29. The number of imide groups is 1. The van der Waals surface area contributed by atoms with Crippen molar-refractivity contribution in [2.24, 2.45) is 0 Å². The highest BCUT2D eigenvalue weighted by atomic mass is 16.2. The van der Waals surface area contributed by atoms with Crippen molar-refractivity contribution in [3.63, 3.8) is 0 Å². The third kappa shape index (κ3) is 3.58. The number of hydrogen-bond donors (Lipinski definition) is 3. The van der Waals surface area contributed by atoms with Crippen molar-refractivity contribution in [1.29, 1.82) is 0 Å². The van der Waals surface area contributed by atoms with Crippen LogP contribution in [0, 0.1) is 0 Å². The van der Waals surface area contributed by atoms with Crippen molar-refractivity contribution in [3.8, 4) is 0 Å². The van der Waals surface area contributed by atoms with Crippen molar-refractivity contribution in [2.45, 2.75) is 57.5 Å². The van der Waals surface area contributed by atoms with E-state index in [0.29, 0.717) is 13.0 Å². The normalized spacial score (nSPS) is 20.1. The number of carbonyl (C=O) groups excluding carboxylic acids is 3. The second kappa shape index (κ2) is 7.02. The monoisotopic (exact) mass is 333 g/mol. The molecular weight excluding hydrogens is 310 g/mol. The average Bonchev–Trinajstić information content (AvgIpc) is 2.97. The van der Waals surface area contributed by atoms with E-state index in [-0.39, 0.29) is 18.2 Å². The Bertz CT molecular complexity index is 654. The molecule has 1 aliphatic carbocycles. The number of aromatic nitrogens is 2. The Morgan fingerprint density at radius 1 is 1.25 bits per heavy atom. The van der Waals surface area contributed by atoms with Crippen molar-refractivity contribution >= 4 is 17.8 Å². The molecule has 3 N–H and O–H groups in total. The summed E-state index contributed by atoms with van der Waals surface area (Å²) in [5.74, 6) is -0.428. The largest absolute Gasteiger partial charge is 0.340 e. The van der Waals surface area contributed by atoms with Gasteiger partial charge in [-0.3, -0.25) is 20.0 Å². The molecule has 1 unspecified atom stereocenters. The van der Waals surface area contributed by atoms with Gasteiger partial charge < -0.3 is 10.2 Å². The zero-order valence-electron chi connectivity index (χ0n) is 13.9. The van der Waals surface area contributed by atoms with Gasteiger partial charge in [0.25, 0.3) is 5.91 Å². The summed E-state index contributed by atoms with van der Waals surface area (Å²) in [6.45, 7) is 0.466. The SMILES string of the molecule is CN(Cc1n[nH]c2c1CCCCC2)C(=O)CCC1NC(=O)NC1=O. The molecule has 1 aromatic heterocycles. The molecule has 1 atom stereocenters. The Labute approximate surface area is 140 Å². The van der Waals surface area contributed by atoms with Crippen molar-refractivity contribution in [1.82, 2.24) is 25.7 Å². The number of amides is 4. The van der Waals surface area contributed by atoms with E-state index in [1.807, 2.05) is 0 Å². The fourth-order valence-electron chi connectivity index (χ4n) is 3.29. The molecule has 8 nitrogen and oxygen atoms in total. The van der Waals surface area contributed by atoms with Crippen LogP contribution >= 0.6 is 0 Å². The van der Waals surface area contributed by atoms with Gasteiger partial charge in [0.1, 0.15) is 6.04 Å². The van der Waals surface area contributed by atoms with Crippen LogP contribution in [-0.2, 0) is 29.0 Å². The zero-order valence-corrected chi connectivity index (χ0v) is 13.9. The molecule has 0 spiro atoms. The van der Waals surface area contributed by atoms with Gasteiger partial charge in [-0.15, -0.1) is 0 Å². The first kappa shape index (κ1) is 16.5. The first-order valence-corrected chi connectivity index (χ1v) is 8.45. The molecular formula is C16H23N5O3. The van der Waals surface area contributed by atoms with E-state index in [9.17, 15) is 14.4 Å². The third-order valence-electron chi connectivity index (χ3n) is 4.71. The van der Waals surface area contributed by atoms with Crippen molar-refractivity contribution < 1.29 is 14.4 Å². The van der Waals surface area contributed by atoms with E-state index in [2.05, 4.69) is 20.8 Å². The van der Waals surface area contributed by atoms with E-state index in [1.165, 1.54) is 24.1 Å². The molecule has 24 heavy (non-hydrogen) atoms. The van der Waals surface area contributed by atoms with E-state index in [0.717, 1.165) is 25.0 Å². The Balaban J connectivity index is 1.54. The molecule has 2 heterocycles. The number of H-pyrrole nitrogens is 1. The molecule has 0 bridgehead atoms. The third-order valence-corrected chi connectivity index (χ3v) is 4.71. The molecule has 0 saturated carbocycles. The highest BCUT2D eigenvalue weighted by Crippen LogP contribution is 2.22. The second-order valence-corrected chi connectivity index (χ2v) is 6.49. The standard InChI is InChI=1S/C16H23N5O3/c1-21(14(22)8-7-12-15(23)18-16(24)17-12)9-13-10-5-3-2-4-6-11(10)19-20-13/h12H,2-9H2,1H3,(H,19,20)(H2,17,18,23,24). The lowest BCUT2D eigenvalue weighted by Crippen LogP contribution is -2.32. The number of nitrogens with one attached hydrogen (secondary N) is 3. The van der Waals surface area contributed by atoms with E-state index >= 15 is 0 Å². The van der Waals surface area contributed by atoms with Crippen LogP contribution in [0.1, 0.15) is 49.1 Å².